The minimum absolute atomic E-state index is 0.0889. The Morgan fingerprint density at radius 3 is 2.45 bits per heavy atom. The van der Waals surface area contributed by atoms with Crippen LogP contribution < -0.4 is 15.8 Å². The van der Waals surface area contributed by atoms with E-state index in [2.05, 4.69) is 27.4 Å². The number of nitrogens with one attached hydrogen (secondary N) is 2. The summed E-state index contributed by atoms with van der Waals surface area (Å²) in [6, 6.07) is 16.4. The van der Waals surface area contributed by atoms with Gasteiger partial charge in [0, 0.05) is 49.2 Å². The number of aromatic amines is 1. The number of hydrogen-bond acceptors (Lipinski definition) is 4. The first-order valence-electron chi connectivity index (χ1n) is 10.8. The Bertz CT molecular complexity index is 1290. The number of para-hydroxylation sites is 1. The molecule has 2 aliphatic heterocycles. The van der Waals surface area contributed by atoms with Crippen LogP contribution in [0.5, 0.6) is 0 Å². The molecule has 0 radical (unpaired) electrons. The van der Waals surface area contributed by atoms with Gasteiger partial charge in [0.2, 0.25) is 0 Å². The number of fused-ring (bicyclic) bond motifs is 1. The summed E-state index contributed by atoms with van der Waals surface area (Å²) in [5.41, 5.74) is 2.76. The van der Waals surface area contributed by atoms with Gasteiger partial charge in [0.05, 0.1) is 15.6 Å². The average Bonchev–Trinajstić information content (AvgIpc) is 3.20. The zero-order valence-electron chi connectivity index (χ0n) is 18.0. The SMILES string of the molecule is CC1=C(C(=O)N2CCN(c3ccccc3)CC2)C(c2cccc(Cl)c2Cl)n2[nH]c(=O)cc2N1. The van der Waals surface area contributed by atoms with Crippen molar-refractivity contribution in [1.82, 2.24) is 14.7 Å². The Labute approximate surface area is 201 Å². The molecular formula is C24H23Cl2N5O2. The van der Waals surface area contributed by atoms with E-state index in [-0.39, 0.29) is 11.5 Å². The highest BCUT2D eigenvalue weighted by Gasteiger charge is 2.37. The Hall–Kier alpha value is -3.16. The maximum Gasteiger partial charge on any atom is 0.266 e. The molecule has 3 heterocycles. The van der Waals surface area contributed by atoms with Gasteiger partial charge in [0.1, 0.15) is 11.9 Å². The van der Waals surface area contributed by atoms with Gasteiger partial charge >= 0.3 is 0 Å². The van der Waals surface area contributed by atoms with Crippen LogP contribution in [0.2, 0.25) is 10.0 Å². The number of benzene rings is 2. The molecule has 1 aromatic heterocycles. The van der Waals surface area contributed by atoms with Crippen molar-refractivity contribution < 1.29 is 4.79 Å². The Morgan fingerprint density at radius 1 is 1.00 bits per heavy atom. The third-order valence-electron chi connectivity index (χ3n) is 6.20. The number of allylic oxidation sites excluding steroid dienone is 1. The van der Waals surface area contributed by atoms with Crippen molar-refractivity contribution in [1.29, 1.82) is 0 Å². The van der Waals surface area contributed by atoms with Crippen LogP contribution in [0, 0.1) is 0 Å². The van der Waals surface area contributed by atoms with Crippen molar-refractivity contribution >= 4 is 40.6 Å². The van der Waals surface area contributed by atoms with Crippen LogP contribution in [-0.4, -0.2) is 46.8 Å². The molecule has 3 aromatic rings. The van der Waals surface area contributed by atoms with E-state index in [0.29, 0.717) is 45.8 Å². The lowest BCUT2D eigenvalue weighted by atomic mass is 9.94. The van der Waals surface area contributed by atoms with E-state index < -0.39 is 6.04 Å². The summed E-state index contributed by atoms with van der Waals surface area (Å²) in [6.45, 7) is 4.51. The predicted octanol–water partition coefficient (Wildman–Crippen LogP) is 4.12. The highest BCUT2D eigenvalue weighted by atomic mass is 35.5. The molecule has 1 fully saturated rings. The van der Waals surface area contributed by atoms with Crippen LogP contribution in [0.25, 0.3) is 0 Å². The molecule has 0 aliphatic carbocycles. The van der Waals surface area contributed by atoms with E-state index in [0.717, 1.165) is 18.8 Å². The second-order valence-corrected chi connectivity index (χ2v) is 8.98. The number of anilines is 2. The monoisotopic (exact) mass is 483 g/mol. The van der Waals surface area contributed by atoms with Crippen LogP contribution in [0.4, 0.5) is 11.5 Å². The maximum absolute atomic E-state index is 13.8. The minimum atomic E-state index is -0.602. The van der Waals surface area contributed by atoms with Crippen LogP contribution in [0.15, 0.2) is 70.7 Å². The van der Waals surface area contributed by atoms with E-state index in [1.54, 1.807) is 16.8 Å². The van der Waals surface area contributed by atoms with Gasteiger partial charge in [-0.15, -0.1) is 0 Å². The van der Waals surface area contributed by atoms with Crippen LogP contribution in [-0.2, 0) is 4.79 Å². The lowest BCUT2D eigenvalue weighted by molar-refractivity contribution is -0.127. The standard InChI is InChI=1S/C24H23Cl2N5O2/c1-15-21(24(33)30-12-10-29(11-13-30)16-6-3-2-4-7-16)23(17-8-5-9-18(25)22(17)26)31-19(27-15)14-20(32)28-31/h2-9,14,23,27H,10-13H2,1H3,(H,28,32). The highest BCUT2D eigenvalue weighted by molar-refractivity contribution is 6.42. The Morgan fingerprint density at radius 2 is 1.73 bits per heavy atom. The predicted molar refractivity (Wildman–Crippen MR) is 131 cm³/mol. The molecule has 1 amide bonds. The van der Waals surface area contributed by atoms with Gasteiger partial charge in [-0.1, -0.05) is 53.5 Å². The molecule has 1 atom stereocenters. The number of aromatic nitrogens is 2. The largest absolute Gasteiger partial charge is 0.368 e. The molecule has 0 spiro atoms. The van der Waals surface area contributed by atoms with Gasteiger partial charge in [-0.3, -0.25) is 19.4 Å². The first-order chi connectivity index (χ1) is 15.9. The van der Waals surface area contributed by atoms with Gasteiger partial charge in [-0.25, -0.2) is 0 Å². The number of nitrogens with zero attached hydrogens (tertiary/aromatic N) is 3. The normalized spacial score (nSPS) is 18.2. The second kappa shape index (κ2) is 8.65. The van der Waals surface area contributed by atoms with Crippen molar-refractivity contribution in [3.63, 3.8) is 0 Å². The lowest BCUT2D eigenvalue weighted by Crippen LogP contribution is -2.50. The summed E-state index contributed by atoms with van der Waals surface area (Å²) in [5.74, 6) is 0.484. The quantitative estimate of drug-likeness (QED) is 0.587. The number of carbonyl (C=O) groups is 1. The van der Waals surface area contributed by atoms with E-state index in [9.17, 15) is 9.59 Å². The van der Waals surface area contributed by atoms with E-state index >= 15 is 0 Å². The zero-order valence-corrected chi connectivity index (χ0v) is 19.5. The topological polar surface area (TPSA) is 73.4 Å². The third-order valence-corrected chi connectivity index (χ3v) is 7.04. The minimum Gasteiger partial charge on any atom is -0.368 e. The fourth-order valence-corrected chi connectivity index (χ4v) is 4.99. The van der Waals surface area contributed by atoms with E-state index in [4.69, 9.17) is 23.2 Å². The third kappa shape index (κ3) is 3.92. The molecule has 7 nitrogen and oxygen atoms in total. The van der Waals surface area contributed by atoms with Gasteiger partial charge in [-0.05, 0) is 25.1 Å². The van der Waals surface area contributed by atoms with Gasteiger partial charge in [0.25, 0.3) is 11.5 Å². The maximum atomic E-state index is 13.8. The zero-order chi connectivity index (χ0) is 23.1. The molecule has 5 rings (SSSR count). The number of carbonyl (C=O) groups excluding carboxylic acids is 1. The Balaban J connectivity index is 1.48. The summed E-state index contributed by atoms with van der Waals surface area (Å²) in [4.78, 5) is 30.1. The van der Waals surface area contributed by atoms with Crippen molar-refractivity contribution in [2.45, 2.75) is 13.0 Å². The molecule has 170 valence electrons. The number of hydrogen-bond donors (Lipinski definition) is 2. The van der Waals surface area contributed by atoms with Gasteiger partial charge < -0.3 is 15.1 Å². The molecule has 2 aliphatic rings. The van der Waals surface area contributed by atoms with E-state index in [1.807, 2.05) is 36.1 Å². The second-order valence-electron chi connectivity index (χ2n) is 8.20. The summed E-state index contributed by atoms with van der Waals surface area (Å²) in [6.07, 6.45) is 0. The van der Waals surface area contributed by atoms with Gasteiger partial charge in [0.15, 0.2) is 0 Å². The molecule has 33 heavy (non-hydrogen) atoms. The van der Waals surface area contributed by atoms with Crippen molar-refractivity contribution in [3.05, 3.63) is 91.8 Å². The van der Waals surface area contributed by atoms with E-state index in [1.165, 1.54) is 6.07 Å². The smallest absolute Gasteiger partial charge is 0.266 e. The van der Waals surface area contributed by atoms with Crippen molar-refractivity contribution in [2.75, 3.05) is 36.4 Å². The molecular weight excluding hydrogens is 461 g/mol. The fourth-order valence-electron chi connectivity index (χ4n) is 4.58. The summed E-state index contributed by atoms with van der Waals surface area (Å²) in [7, 11) is 0. The van der Waals surface area contributed by atoms with Crippen LogP contribution in [0.3, 0.4) is 0 Å². The molecule has 0 saturated carbocycles. The number of halogens is 2. The van der Waals surface area contributed by atoms with Crippen molar-refractivity contribution in [3.8, 4) is 0 Å². The first-order valence-corrected chi connectivity index (χ1v) is 11.5. The van der Waals surface area contributed by atoms with Crippen LogP contribution >= 0.6 is 23.2 Å². The van der Waals surface area contributed by atoms with Crippen LogP contribution in [0.1, 0.15) is 18.5 Å². The molecule has 1 unspecified atom stereocenters. The lowest BCUT2D eigenvalue weighted by Gasteiger charge is -2.39. The molecule has 9 heteroatoms. The average molecular weight is 484 g/mol. The summed E-state index contributed by atoms with van der Waals surface area (Å²) >= 11 is 12.9. The summed E-state index contributed by atoms with van der Waals surface area (Å²) < 4.78 is 1.65. The first kappa shape index (κ1) is 21.7. The number of amides is 1. The Kier molecular flexibility index (Phi) is 5.68. The molecule has 2 aromatic carbocycles. The number of H-pyrrole nitrogens is 1. The molecule has 2 N–H and O–H groups in total. The van der Waals surface area contributed by atoms with Crippen molar-refractivity contribution in [2.24, 2.45) is 0 Å². The molecule has 1 saturated heterocycles. The summed E-state index contributed by atoms with van der Waals surface area (Å²) in [5, 5.41) is 6.76. The molecule has 0 bridgehead atoms. The highest BCUT2D eigenvalue weighted by Crippen LogP contribution is 2.40. The fraction of sp³-hybridized carbons (Fsp3) is 0.250. The number of rotatable bonds is 3. The van der Waals surface area contributed by atoms with Gasteiger partial charge in [-0.2, -0.15) is 0 Å². The number of piperazine rings is 1.